The average molecular weight is 240 g/mol. The van der Waals surface area contributed by atoms with Crippen LogP contribution in [0.25, 0.3) is 0 Å². The van der Waals surface area contributed by atoms with E-state index in [0.29, 0.717) is 12.5 Å². The van der Waals surface area contributed by atoms with Crippen molar-refractivity contribution >= 4 is 0 Å². The van der Waals surface area contributed by atoms with Gasteiger partial charge in [0.2, 0.25) is 0 Å². The third-order valence-corrected chi connectivity index (χ3v) is 3.49. The Morgan fingerprint density at radius 1 is 1.35 bits per heavy atom. The zero-order chi connectivity index (χ0) is 12.4. The highest BCUT2D eigenvalue weighted by Crippen LogP contribution is 2.18. The van der Waals surface area contributed by atoms with E-state index < -0.39 is 11.6 Å². The summed E-state index contributed by atoms with van der Waals surface area (Å²) in [6, 6.07) is 4.24. The molecule has 1 aliphatic rings. The van der Waals surface area contributed by atoms with Crippen LogP contribution in [0.4, 0.5) is 8.78 Å². The number of nitrogens with zero attached hydrogens (tertiary/aromatic N) is 1. The smallest absolute Gasteiger partial charge is 0.159 e. The number of likely N-dealkylation sites (tertiary alicyclic amines) is 1. The monoisotopic (exact) mass is 240 g/mol. The lowest BCUT2D eigenvalue weighted by molar-refractivity contribution is 0.162. The van der Waals surface area contributed by atoms with Crippen molar-refractivity contribution in [3.63, 3.8) is 0 Å². The summed E-state index contributed by atoms with van der Waals surface area (Å²) >= 11 is 0. The number of hydrogen-bond donors (Lipinski definition) is 1. The van der Waals surface area contributed by atoms with Gasteiger partial charge in [-0.15, -0.1) is 0 Å². The van der Waals surface area contributed by atoms with Crippen molar-refractivity contribution in [1.82, 2.24) is 4.90 Å². The first kappa shape index (κ1) is 12.5. The Morgan fingerprint density at radius 2 is 2.12 bits per heavy atom. The van der Waals surface area contributed by atoms with Crippen molar-refractivity contribution in [3.8, 4) is 0 Å². The normalized spacial score (nSPS) is 26.1. The fourth-order valence-corrected chi connectivity index (χ4v) is 2.21. The highest BCUT2D eigenvalue weighted by atomic mass is 19.2. The minimum Gasteiger partial charge on any atom is -0.326 e. The van der Waals surface area contributed by atoms with Crippen LogP contribution in [0.3, 0.4) is 0 Å². The van der Waals surface area contributed by atoms with E-state index in [1.807, 2.05) is 0 Å². The SMILES string of the molecule is CC1CCN(Cc2ccc(F)c(F)c2)CC1N. The molecule has 1 fully saturated rings. The first-order valence-corrected chi connectivity index (χ1v) is 5.98. The molecule has 0 saturated carbocycles. The van der Waals surface area contributed by atoms with Gasteiger partial charge in [0.25, 0.3) is 0 Å². The summed E-state index contributed by atoms with van der Waals surface area (Å²) in [5.41, 5.74) is 6.80. The van der Waals surface area contributed by atoms with Gasteiger partial charge in [-0.3, -0.25) is 4.90 Å². The third-order valence-electron chi connectivity index (χ3n) is 3.49. The molecule has 0 aliphatic carbocycles. The van der Waals surface area contributed by atoms with Gasteiger partial charge in [0, 0.05) is 19.1 Å². The molecule has 2 N–H and O–H groups in total. The first-order valence-electron chi connectivity index (χ1n) is 5.98. The van der Waals surface area contributed by atoms with Crippen molar-refractivity contribution in [2.45, 2.75) is 25.9 Å². The zero-order valence-corrected chi connectivity index (χ0v) is 10.00. The van der Waals surface area contributed by atoms with Gasteiger partial charge in [-0.2, -0.15) is 0 Å². The molecule has 17 heavy (non-hydrogen) atoms. The molecule has 1 aromatic carbocycles. The van der Waals surface area contributed by atoms with Crippen LogP contribution < -0.4 is 5.73 Å². The van der Waals surface area contributed by atoms with E-state index >= 15 is 0 Å². The maximum absolute atomic E-state index is 13.1. The second-order valence-electron chi connectivity index (χ2n) is 4.91. The lowest BCUT2D eigenvalue weighted by Gasteiger charge is -2.35. The summed E-state index contributed by atoms with van der Waals surface area (Å²) in [7, 11) is 0. The average Bonchev–Trinajstić information content (AvgIpc) is 2.29. The van der Waals surface area contributed by atoms with E-state index in [1.165, 1.54) is 12.1 Å². The van der Waals surface area contributed by atoms with Gasteiger partial charge in [0.05, 0.1) is 0 Å². The van der Waals surface area contributed by atoms with Crippen molar-refractivity contribution in [2.75, 3.05) is 13.1 Å². The van der Waals surface area contributed by atoms with Crippen LogP contribution in [-0.4, -0.2) is 24.0 Å². The van der Waals surface area contributed by atoms with Crippen LogP contribution in [0.2, 0.25) is 0 Å². The topological polar surface area (TPSA) is 29.3 Å². The van der Waals surface area contributed by atoms with E-state index in [2.05, 4.69) is 11.8 Å². The van der Waals surface area contributed by atoms with E-state index in [9.17, 15) is 8.78 Å². The van der Waals surface area contributed by atoms with Gasteiger partial charge in [-0.05, 0) is 36.6 Å². The van der Waals surface area contributed by atoms with E-state index in [1.54, 1.807) is 6.07 Å². The Hall–Kier alpha value is -1.00. The van der Waals surface area contributed by atoms with Crippen LogP contribution in [-0.2, 0) is 6.54 Å². The molecule has 0 radical (unpaired) electrons. The molecule has 4 heteroatoms. The highest BCUT2D eigenvalue weighted by molar-refractivity contribution is 5.17. The molecule has 2 atom stereocenters. The molecule has 0 spiro atoms. The summed E-state index contributed by atoms with van der Waals surface area (Å²) in [5.74, 6) is -1.04. The van der Waals surface area contributed by atoms with Gasteiger partial charge in [-0.1, -0.05) is 13.0 Å². The molecule has 0 bridgehead atoms. The molecule has 94 valence electrons. The second-order valence-corrected chi connectivity index (χ2v) is 4.91. The summed E-state index contributed by atoms with van der Waals surface area (Å²) in [5, 5.41) is 0. The molecular formula is C13H18F2N2. The maximum atomic E-state index is 13.1. The van der Waals surface area contributed by atoms with Gasteiger partial charge in [0.15, 0.2) is 11.6 Å². The summed E-state index contributed by atoms with van der Waals surface area (Å²) in [6.07, 6.45) is 1.06. The standard InChI is InChI=1S/C13H18F2N2/c1-9-4-5-17(8-13(9)16)7-10-2-3-11(14)12(15)6-10/h2-3,6,9,13H,4-5,7-8,16H2,1H3. The van der Waals surface area contributed by atoms with E-state index in [-0.39, 0.29) is 6.04 Å². The van der Waals surface area contributed by atoms with Crippen molar-refractivity contribution in [1.29, 1.82) is 0 Å². The predicted octanol–water partition coefficient (Wildman–Crippen LogP) is 2.13. The number of rotatable bonds is 2. The van der Waals surface area contributed by atoms with Crippen molar-refractivity contribution in [2.24, 2.45) is 11.7 Å². The maximum Gasteiger partial charge on any atom is 0.159 e. The highest BCUT2D eigenvalue weighted by Gasteiger charge is 2.23. The molecule has 1 aliphatic heterocycles. The Morgan fingerprint density at radius 3 is 2.76 bits per heavy atom. The molecule has 1 heterocycles. The second kappa shape index (κ2) is 5.10. The summed E-state index contributed by atoms with van der Waals surface area (Å²) < 4.78 is 25.8. The van der Waals surface area contributed by atoms with Gasteiger partial charge >= 0.3 is 0 Å². The fraction of sp³-hybridized carbons (Fsp3) is 0.538. The quantitative estimate of drug-likeness (QED) is 0.858. The number of benzene rings is 1. The Kier molecular flexibility index (Phi) is 3.74. The van der Waals surface area contributed by atoms with Crippen LogP contribution >= 0.6 is 0 Å². The zero-order valence-electron chi connectivity index (χ0n) is 10.00. The minimum absolute atomic E-state index is 0.175. The Labute approximate surface area is 100 Å². The number of piperidine rings is 1. The molecule has 1 saturated heterocycles. The van der Waals surface area contributed by atoms with Gasteiger partial charge in [-0.25, -0.2) is 8.78 Å². The molecule has 0 aromatic heterocycles. The Balaban J connectivity index is 1.99. The van der Waals surface area contributed by atoms with Crippen LogP contribution in [0.1, 0.15) is 18.9 Å². The van der Waals surface area contributed by atoms with Crippen LogP contribution in [0, 0.1) is 17.6 Å². The van der Waals surface area contributed by atoms with Crippen molar-refractivity contribution in [3.05, 3.63) is 35.4 Å². The lowest BCUT2D eigenvalue weighted by Crippen LogP contribution is -2.47. The minimum atomic E-state index is -0.794. The fourth-order valence-electron chi connectivity index (χ4n) is 2.21. The summed E-state index contributed by atoms with van der Waals surface area (Å²) in [4.78, 5) is 2.19. The molecule has 2 nitrogen and oxygen atoms in total. The van der Waals surface area contributed by atoms with E-state index in [4.69, 9.17) is 5.73 Å². The number of halogens is 2. The van der Waals surface area contributed by atoms with Crippen molar-refractivity contribution < 1.29 is 8.78 Å². The van der Waals surface area contributed by atoms with Crippen LogP contribution in [0.15, 0.2) is 18.2 Å². The molecule has 2 unspecified atom stereocenters. The summed E-state index contributed by atoms with van der Waals surface area (Å²) in [6.45, 7) is 4.57. The van der Waals surface area contributed by atoms with Gasteiger partial charge in [0.1, 0.15) is 0 Å². The van der Waals surface area contributed by atoms with Gasteiger partial charge < -0.3 is 5.73 Å². The molecule has 0 amide bonds. The Bertz CT molecular complexity index is 395. The molecular weight excluding hydrogens is 222 g/mol. The molecule has 2 rings (SSSR count). The predicted molar refractivity (Wildman–Crippen MR) is 63.4 cm³/mol. The number of nitrogens with two attached hydrogens (primary N) is 1. The first-order chi connectivity index (χ1) is 8.06. The lowest BCUT2D eigenvalue weighted by atomic mass is 9.94. The van der Waals surface area contributed by atoms with Crippen LogP contribution in [0.5, 0.6) is 0 Å². The largest absolute Gasteiger partial charge is 0.326 e. The van der Waals surface area contributed by atoms with E-state index in [0.717, 1.165) is 25.1 Å². The number of hydrogen-bond acceptors (Lipinski definition) is 2. The third kappa shape index (κ3) is 3.01. The molecule has 1 aromatic rings.